The Labute approximate surface area is 169 Å². The summed E-state index contributed by atoms with van der Waals surface area (Å²) in [4.78, 5) is 30.7. The molecule has 7 nitrogen and oxygen atoms in total. The molecule has 2 N–H and O–H groups in total. The molecule has 28 heavy (non-hydrogen) atoms. The van der Waals surface area contributed by atoms with Crippen molar-refractivity contribution in [1.29, 1.82) is 0 Å². The van der Waals surface area contributed by atoms with Gasteiger partial charge in [0.15, 0.2) is 0 Å². The van der Waals surface area contributed by atoms with Crippen molar-refractivity contribution in [1.82, 2.24) is 10.3 Å². The van der Waals surface area contributed by atoms with Gasteiger partial charge in [-0.15, -0.1) is 0 Å². The van der Waals surface area contributed by atoms with Gasteiger partial charge in [0.05, 0.1) is 12.2 Å². The lowest BCUT2D eigenvalue weighted by molar-refractivity contribution is -0.126. The van der Waals surface area contributed by atoms with Gasteiger partial charge in [-0.3, -0.25) is 4.79 Å². The molecule has 2 aromatic rings. The third kappa shape index (κ3) is 4.72. The number of rotatable bonds is 3. The Balaban J connectivity index is 1.69. The average molecular weight is 403 g/mol. The maximum Gasteiger partial charge on any atom is 0.319 e. The number of pyridine rings is 1. The van der Waals surface area contributed by atoms with Crippen LogP contribution in [0.5, 0.6) is 5.75 Å². The fourth-order valence-corrected chi connectivity index (χ4v) is 2.89. The van der Waals surface area contributed by atoms with Gasteiger partial charge >= 0.3 is 6.03 Å². The zero-order chi connectivity index (χ0) is 20.3. The second-order valence-corrected chi connectivity index (χ2v) is 7.92. The Hall–Kier alpha value is -2.80. The largest absolute Gasteiger partial charge is 0.490 e. The van der Waals surface area contributed by atoms with E-state index in [-0.39, 0.29) is 11.9 Å². The number of nitrogens with one attached hydrogen (secondary N) is 2. The molecule has 0 spiro atoms. The highest BCUT2D eigenvalue weighted by Gasteiger charge is 2.32. The normalized spacial score (nSPS) is 13.4. The van der Waals surface area contributed by atoms with Gasteiger partial charge in [0.2, 0.25) is 5.91 Å². The van der Waals surface area contributed by atoms with E-state index in [1.807, 2.05) is 20.8 Å². The molecule has 0 saturated heterocycles. The number of nitrogens with zero attached hydrogens (tertiary/aromatic N) is 2. The molecule has 0 radical (unpaired) electrons. The average Bonchev–Trinajstić information content (AvgIpc) is 2.66. The van der Waals surface area contributed by atoms with E-state index in [1.165, 1.54) is 0 Å². The van der Waals surface area contributed by atoms with Gasteiger partial charge in [-0.1, -0.05) is 38.4 Å². The second-order valence-electron chi connectivity index (χ2n) is 7.53. The first-order chi connectivity index (χ1) is 13.2. The fourth-order valence-electron chi connectivity index (χ4n) is 2.78. The molecular formula is C20H23ClN4O3. The lowest BCUT2D eigenvalue weighted by Crippen LogP contribution is -2.44. The Bertz CT molecular complexity index is 878. The van der Waals surface area contributed by atoms with Crippen molar-refractivity contribution in [2.24, 2.45) is 5.41 Å². The summed E-state index contributed by atoms with van der Waals surface area (Å²) in [6, 6.07) is 8.36. The van der Waals surface area contributed by atoms with Crippen LogP contribution in [0.2, 0.25) is 5.15 Å². The Morgan fingerprint density at radius 2 is 2.04 bits per heavy atom. The number of urea groups is 1. The van der Waals surface area contributed by atoms with E-state index in [9.17, 15) is 9.59 Å². The van der Waals surface area contributed by atoms with E-state index >= 15 is 0 Å². The van der Waals surface area contributed by atoms with Crippen LogP contribution >= 0.6 is 11.6 Å². The van der Waals surface area contributed by atoms with Gasteiger partial charge in [-0.25, -0.2) is 9.78 Å². The van der Waals surface area contributed by atoms with Crippen LogP contribution in [0.3, 0.4) is 0 Å². The molecule has 0 aliphatic carbocycles. The molecule has 8 heteroatoms. The van der Waals surface area contributed by atoms with Gasteiger partial charge in [-0.2, -0.15) is 0 Å². The number of hydrogen-bond acceptors (Lipinski definition) is 4. The summed E-state index contributed by atoms with van der Waals surface area (Å²) in [5.74, 6) is 0.635. The number of carbonyl (C=O) groups excluding carboxylic acids is 2. The van der Waals surface area contributed by atoms with Crippen LogP contribution in [0, 0.1) is 5.41 Å². The maximum absolute atomic E-state index is 12.8. The van der Waals surface area contributed by atoms with Crippen LogP contribution in [0.4, 0.5) is 16.2 Å². The molecule has 1 aromatic heterocycles. The first-order valence-corrected chi connectivity index (χ1v) is 9.36. The molecular weight excluding hydrogens is 380 g/mol. The van der Waals surface area contributed by atoms with Crippen LogP contribution in [0.15, 0.2) is 36.5 Å². The van der Waals surface area contributed by atoms with Crippen LogP contribution in [0.1, 0.15) is 26.3 Å². The van der Waals surface area contributed by atoms with Crippen molar-refractivity contribution >= 4 is 34.9 Å². The summed E-state index contributed by atoms with van der Waals surface area (Å²) in [6.45, 7) is 6.88. The van der Waals surface area contributed by atoms with E-state index in [2.05, 4.69) is 15.6 Å². The molecule has 0 atom stereocenters. The lowest BCUT2D eigenvalue weighted by Gasteiger charge is -2.34. The van der Waals surface area contributed by atoms with Crippen molar-refractivity contribution in [3.8, 4) is 5.75 Å². The lowest BCUT2D eigenvalue weighted by atomic mass is 9.94. The van der Waals surface area contributed by atoms with Gasteiger partial charge in [0, 0.05) is 23.8 Å². The predicted molar refractivity (Wildman–Crippen MR) is 109 cm³/mol. The number of anilines is 2. The first kappa shape index (κ1) is 19.9. The van der Waals surface area contributed by atoms with Crippen molar-refractivity contribution < 1.29 is 14.3 Å². The quantitative estimate of drug-likeness (QED) is 0.764. The number of carbonyl (C=O) groups is 2. The number of halogens is 1. The highest BCUT2D eigenvalue weighted by atomic mass is 35.5. The zero-order valence-corrected chi connectivity index (χ0v) is 16.8. The summed E-state index contributed by atoms with van der Waals surface area (Å²) < 4.78 is 5.65. The highest BCUT2D eigenvalue weighted by Crippen LogP contribution is 2.36. The Morgan fingerprint density at radius 1 is 1.25 bits per heavy atom. The minimum Gasteiger partial charge on any atom is -0.490 e. The Morgan fingerprint density at radius 3 is 2.71 bits per heavy atom. The number of benzene rings is 1. The summed E-state index contributed by atoms with van der Waals surface area (Å²) in [6.07, 6.45) is 1.61. The van der Waals surface area contributed by atoms with Gasteiger partial charge < -0.3 is 20.3 Å². The first-order valence-electron chi connectivity index (χ1n) is 8.98. The van der Waals surface area contributed by atoms with Gasteiger partial charge in [0.25, 0.3) is 0 Å². The van der Waals surface area contributed by atoms with Gasteiger partial charge in [-0.05, 0) is 29.8 Å². The molecule has 1 aliphatic heterocycles. The minimum atomic E-state index is -0.512. The topological polar surface area (TPSA) is 83.6 Å². The van der Waals surface area contributed by atoms with Crippen molar-refractivity contribution in [2.45, 2.75) is 27.3 Å². The molecule has 0 fully saturated rings. The van der Waals surface area contributed by atoms with E-state index in [4.69, 9.17) is 16.3 Å². The monoisotopic (exact) mass is 402 g/mol. The molecule has 1 aromatic carbocycles. The third-order valence-corrected chi connectivity index (χ3v) is 4.43. The number of aromatic nitrogens is 1. The van der Waals surface area contributed by atoms with E-state index < -0.39 is 5.41 Å². The smallest absolute Gasteiger partial charge is 0.319 e. The molecule has 3 rings (SSSR count). The molecule has 148 valence electrons. The Kier molecular flexibility index (Phi) is 5.74. The van der Waals surface area contributed by atoms with Crippen LogP contribution in [-0.2, 0) is 11.3 Å². The molecule has 3 amide bonds. The number of amides is 3. The summed E-state index contributed by atoms with van der Waals surface area (Å²) in [5.41, 5.74) is 1.55. The molecule has 1 aliphatic rings. The van der Waals surface area contributed by atoms with Gasteiger partial charge in [0.1, 0.15) is 17.5 Å². The molecule has 0 unspecified atom stereocenters. The van der Waals surface area contributed by atoms with E-state index in [0.29, 0.717) is 42.0 Å². The summed E-state index contributed by atoms with van der Waals surface area (Å²) in [7, 11) is 0. The van der Waals surface area contributed by atoms with Crippen molar-refractivity contribution in [3.05, 3.63) is 47.2 Å². The summed E-state index contributed by atoms with van der Waals surface area (Å²) >= 11 is 5.75. The zero-order valence-electron chi connectivity index (χ0n) is 16.1. The molecule has 0 saturated carbocycles. The number of ether oxygens (including phenoxy) is 1. The minimum absolute atomic E-state index is 0.00823. The van der Waals surface area contributed by atoms with E-state index in [1.54, 1.807) is 41.4 Å². The van der Waals surface area contributed by atoms with E-state index in [0.717, 1.165) is 5.56 Å². The van der Waals surface area contributed by atoms with Crippen LogP contribution in [0.25, 0.3) is 0 Å². The van der Waals surface area contributed by atoms with Crippen molar-refractivity contribution in [3.63, 3.8) is 0 Å². The second kappa shape index (κ2) is 8.06. The van der Waals surface area contributed by atoms with Crippen LogP contribution in [-0.4, -0.2) is 30.1 Å². The fraction of sp³-hybridized carbons (Fsp3) is 0.350. The predicted octanol–water partition coefficient (Wildman–Crippen LogP) is 3.83. The summed E-state index contributed by atoms with van der Waals surface area (Å²) in [5, 5.41) is 5.94. The SMILES string of the molecule is CC(C)(C)C(=O)N1CCOc2ccc(NC(=O)NCc3ccc(Cl)nc3)cc21. The standard InChI is InChI=1S/C20H23ClN4O3/c1-20(2,3)18(26)25-8-9-28-16-6-5-14(10-15(16)25)24-19(27)23-12-13-4-7-17(21)22-11-13/h4-7,10-11H,8-9,12H2,1-3H3,(H2,23,24,27). The third-order valence-electron chi connectivity index (χ3n) is 4.21. The number of hydrogen-bond donors (Lipinski definition) is 2. The van der Waals surface area contributed by atoms with Crippen molar-refractivity contribution in [2.75, 3.05) is 23.4 Å². The number of fused-ring (bicyclic) bond motifs is 1. The van der Waals surface area contributed by atoms with Crippen LogP contribution < -0.4 is 20.3 Å². The highest BCUT2D eigenvalue weighted by molar-refractivity contribution is 6.29. The maximum atomic E-state index is 12.8. The molecule has 2 heterocycles. The molecule has 0 bridgehead atoms.